The summed E-state index contributed by atoms with van der Waals surface area (Å²) in [7, 11) is 1.60. The molecule has 7 heteroatoms. The fourth-order valence-corrected chi connectivity index (χ4v) is 2.87. The van der Waals surface area contributed by atoms with Crippen LogP contribution in [0.25, 0.3) is 0 Å². The molecule has 1 aliphatic rings. The lowest BCUT2D eigenvalue weighted by atomic mass is 9.97. The number of amides is 3. The van der Waals surface area contributed by atoms with Gasteiger partial charge in [-0.25, -0.2) is 4.79 Å². The molecule has 0 aromatic heterocycles. The first-order valence-electron chi connectivity index (χ1n) is 9.37. The zero-order valence-corrected chi connectivity index (χ0v) is 16.7. The van der Waals surface area contributed by atoms with Crippen LogP contribution in [0.3, 0.4) is 0 Å². The number of likely N-dealkylation sites (tertiary alicyclic amines) is 1. The third kappa shape index (κ3) is 7.37. The first-order chi connectivity index (χ1) is 12.8. The quantitative estimate of drug-likeness (QED) is 0.798. The van der Waals surface area contributed by atoms with Gasteiger partial charge in [-0.1, -0.05) is 0 Å². The monoisotopic (exact) mass is 377 g/mol. The molecule has 27 heavy (non-hydrogen) atoms. The Bertz CT molecular complexity index is 617. The van der Waals surface area contributed by atoms with E-state index in [9.17, 15) is 9.59 Å². The van der Waals surface area contributed by atoms with Crippen molar-refractivity contribution < 1.29 is 19.1 Å². The molecule has 1 aromatic carbocycles. The number of benzene rings is 1. The number of carbonyl (C=O) groups excluding carboxylic acids is 2. The van der Waals surface area contributed by atoms with Crippen LogP contribution >= 0.6 is 0 Å². The minimum atomic E-state index is -0.230. The van der Waals surface area contributed by atoms with Crippen LogP contribution in [0.5, 0.6) is 11.5 Å². The fraction of sp³-hybridized carbons (Fsp3) is 0.600. The molecule has 1 aliphatic heterocycles. The second-order valence-electron chi connectivity index (χ2n) is 7.88. The molecule has 1 fully saturated rings. The van der Waals surface area contributed by atoms with Crippen LogP contribution in [0.2, 0.25) is 0 Å². The van der Waals surface area contributed by atoms with Gasteiger partial charge in [-0.05, 0) is 63.8 Å². The number of ether oxygens (including phenoxy) is 2. The molecule has 1 aromatic rings. The van der Waals surface area contributed by atoms with Crippen LogP contribution in [0.15, 0.2) is 24.3 Å². The standard InChI is InChI=1S/C20H31N3O4/c1-20(2,3)22-19(25)23-11-9-15(10-12-23)13-21-18(24)14-27-17-7-5-16(26-4)6-8-17/h5-8,15H,9-14H2,1-4H3,(H,21,24)(H,22,25). The molecule has 7 nitrogen and oxygen atoms in total. The summed E-state index contributed by atoms with van der Waals surface area (Å²) in [5, 5.41) is 5.91. The van der Waals surface area contributed by atoms with Gasteiger partial charge in [0.1, 0.15) is 11.5 Å². The predicted molar refractivity (Wildman–Crippen MR) is 104 cm³/mol. The van der Waals surface area contributed by atoms with Gasteiger partial charge in [-0.2, -0.15) is 0 Å². The number of urea groups is 1. The molecule has 0 atom stereocenters. The van der Waals surface area contributed by atoms with Crippen molar-refractivity contribution in [1.82, 2.24) is 15.5 Å². The molecule has 3 amide bonds. The van der Waals surface area contributed by atoms with E-state index in [-0.39, 0.29) is 24.1 Å². The summed E-state index contributed by atoms with van der Waals surface area (Å²) in [5.74, 6) is 1.62. The van der Waals surface area contributed by atoms with Gasteiger partial charge < -0.3 is 25.0 Å². The number of methoxy groups -OCH3 is 1. The average Bonchev–Trinajstić information content (AvgIpc) is 2.64. The zero-order valence-electron chi connectivity index (χ0n) is 16.7. The number of carbonyl (C=O) groups is 2. The van der Waals surface area contributed by atoms with Crippen LogP contribution in [0, 0.1) is 5.92 Å². The van der Waals surface area contributed by atoms with Crippen molar-refractivity contribution in [3.8, 4) is 11.5 Å². The van der Waals surface area contributed by atoms with Gasteiger partial charge in [0.25, 0.3) is 5.91 Å². The highest BCUT2D eigenvalue weighted by atomic mass is 16.5. The van der Waals surface area contributed by atoms with Crippen LogP contribution in [-0.2, 0) is 4.79 Å². The fourth-order valence-electron chi connectivity index (χ4n) is 2.87. The van der Waals surface area contributed by atoms with Crippen molar-refractivity contribution in [2.75, 3.05) is 33.4 Å². The van der Waals surface area contributed by atoms with Crippen molar-refractivity contribution in [3.63, 3.8) is 0 Å². The average molecular weight is 377 g/mol. The van der Waals surface area contributed by atoms with Crippen molar-refractivity contribution in [2.45, 2.75) is 39.2 Å². The summed E-state index contributed by atoms with van der Waals surface area (Å²) in [6, 6.07) is 7.10. The van der Waals surface area contributed by atoms with E-state index in [0.717, 1.165) is 18.6 Å². The van der Waals surface area contributed by atoms with Crippen molar-refractivity contribution in [1.29, 1.82) is 0 Å². The van der Waals surface area contributed by atoms with Crippen LogP contribution in [0.4, 0.5) is 4.79 Å². The van der Waals surface area contributed by atoms with E-state index in [0.29, 0.717) is 31.3 Å². The smallest absolute Gasteiger partial charge is 0.317 e. The zero-order chi connectivity index (χ0) is 19.9. The third-order valence-corrected chi connectivity index (χ3v) is 4.40. The van der Waals surface area contributed by atoms with Crippen molar-refractivity contribution in [2.24, 2.45) is 5.92 Å². The summed E-state index contributed by atoms with van der Waals surface area (Å²) in [6.45, 7) is 7.94. The van der Waals surface area contributed by atoms with E-state index in [1.54, 1.807) is 31.4 Å². The van der Waals surface area contributed by atoms with Crippen LogP contribution in [0.1, 0.15) is 33.6 Å². The number of piperidine rings is 1. The molecule has 0 unspecified atom stereocenters. The van der Waals surface area contributed by atoms with E-state index >= 15 is 0 Å². The summed E-state index contributed by atoms with van der Waals surface area (Å²) in [5.41, 5.74) is -0.230. The highest BCUT2D eigenvalue weighted by molar-refractivity contribution is 5.77. The summed E-state index contributed by atoms with van der Waals surface area (Å²) in [6.07, 6.45) is 1.77. The maximum atomic E-state index is 12.2. The normalized spacial score (nSPS) is 15.2. The highest BCUT2D eigenvalue weighted by Crippen LogP contribution is 2.18. The van der Waals surface area contributed by atoms with Gasteiger partial charge in [0.05, 0.1) is 7.11 Å². The lowest BCUT2D eigenvalue weighted by molar-refractivity contribution is -0.123. The molecule has 0 bridgehead atoms. The SMILES string of the molecule is COc1ccc(OCC(=O)NCC2CCN(C(=O)NC(C)(C)C)CC2)cc1. The molecule has 0 aliphatic carbocycles. The topological polar surface area (TPSA) is 79.9 Å². The third-order valence-electron chi connectivity index (χ3n) is 4.40. The molecule has 0 radical (unpaired) electrons. The maximum Gasteiger partial charge on any atom is 0.317 e. The Morgan fingerprint density at radius 3 is 2.26 bits per heavy atom. The van der Waals surface area contributed by atoms with Crippen LogP contribution < -0.4 is 20.1 Å². The Labute approximate surface area is 161 Å². The van der Waals surface area contributed by atoms with E-state index in [1.165, 1.54) is 0 Å². The predicted octanol–water partition coefficient (Wildman–Crippen LogP) is 2.41. The second-order valence-corrected chi connectivity index (χ2v) is 7.88. The molecule has 2 N–H and O–H groups in total. The van der Waals surface area contributed by atoms with E-state index < -0.39 is 0 Å². The Balaban J connectivity index is 1.64. The number of hydrogen-bond donors (Lipinski definition) is 2. The molecular weight excluding hydrogens is 346 g/mol. The Hall–Kier alpha value is -2.44. The van der Waals surface area contributed by atoms with Gasteiger partial charge in [0.15, 0.2) is 6.61 Å². The minimum absolute atomic E-state index is 0.0147. The van der Waals surface area contributed by atoms with E-state index in [2.05, 4.69) is 10.6 Å². The maximum absolute atomic E-state index is 12.2. The minimum Gasteiger partial charge on any atom is -0.497 e. The lowest BCUT2D eigenvalue weighted by Gasteiger charge is -2.34. The number of nitrogens with one attached hydrogen (secondary N) is 2. The molecular formula is C20H31N3O4. The second kappa shape index (κ2) is 9.48. The first kappa shape index (κ1) is 20.9. The van der Waals surface area contributed by atoms with Crippen molar-refractivity contribution >= 4 is 11.9 Å². The van der Waals surface area contributed by atoms with E-state index in [4.69, 9.17) is 9.47 Å². The Kier molecular flexibility index (Phi) is 7.33. The lowest BCUT2D eigenvalue weighted by Crippen LogP contribution is -2.51. The van der Waals surface area contributed by atoms with Gasteiger partial charge in [-0.15, -0.1) is 0 Å². The number of hydrogen-bond acceptors (Lipinski definition) is 4. The Morgan fingerprint density at radius 1 is 1.11 bits per heavy atom. The van der Waals surface area contributed by atoms with Gasteiger partial charge >= 0.3 is 6.03 Å². The number of rotatable bonds is 6. The molecule has 0 saturated carbocycles. The molecule has 1 heterocycles. The summed E-state index contributed by atoms with van der Waals surface area (Å²) in [4.78, 5) is 26.0. The van der Waals surface area contributed by atoms with E-state index in [1.807, 2.05) is 25.7 Å². The Morgan fingerprint density at radius 2 is 1.70 bits per heavy atom. The molecule has 150 valence electrons. The van der Waals surface area contributed by atoms with Gasteiger partial charge in [0, 0.05) is 25.2 Å². The summed E-state index contributed by atoms with van der Waals surface area (Å²) < 4.78 is 10.6. The van der Waals surface area contributed by atoms with Crippen molar-refractivity contribution in [3.05, 3.63) is 24.3 Å². The molecule has 2 rings (SSSR count). The summed E-state index contributed by atoms with van der Waals surface area (Å²) >= 11 is 0. The molecule has 1 saturated heterocycles. The molecule has 0 spiro atoms. The largest absolute Gasteiger partial charge is 0.497 e. The highest BCUT2D eigenvalue weighted by Gasteiger charge is 2.25. The first-order valence-corrected chi connectivity index (χ1v) is 9.37. The number of nitrogens with zero attached hydrogens (tertiary/aromatic N) is 1. The van der Waals surface area contributed by atoms with Crippen LogP contribution in [-0.4, -0.2) is 55.7 Å². The van der Waals surface area contributed by atoms with Gasteiger partial charge in [-0.3, -0.25) is 4.79 Å². The van der Waals surface area contributed by atoms with Gasteiger partial charge in [0.2, 0.25) is 0 Å².